The normalized spacial score (nSPS) is 15.5. The smallest absolute Gasteiger partial charge is 0.235 e. The molecule has 0 aromatic carbocycles. The molecule has 1 aliphatic rings. The van der Waals surface area contributed by atoms with Gasteiger partial charge in [-0.3, -0.25) is 4.79 Å². The molecule has 0 bridgehead atoms. The highest BCUT2D eigenvalue weighted by Gasteiger charge is 2.20. The molecule has 6 nitrogen and oxygen atoms in total. The van der Waals surface area contributed by atoms with Crippen LogP contribution in [-0.2, 0) is 4.79 Å². The Bertz CT molecular complexity index is 618. The second kappa shape index (κ2) is 6.57. The summed E-state index contributed by atoms with van der Waals surface area (Å²) in [4.78, 5) is 12.0. The van der Waals surface area contributed by atoms with Crippen molar-refractivity contribution < 1.29 is 4.79 Å². The zero-order valence-electron chi connectivity index (χ0n) is 11.8. The molecular weight excluding hydrogens is 306 g/mol. The summed E-state index contributed by atoms with van der Waals surface area (Å²) in [7, 11) is 0. The highest BCUT2D eigenvalue weighted by molar-refractivity contribution is 8.01. The van der Waals surface area contributed by atoms with E-state index in [2.05, 4.69) is 20.6 Å². The van der Waals surface area contributed by atoms with Gasteiger partial charge in [0.05, 0.1) is 18.0 Å². The molecule has 1 fully saturated rings. The van der Waals surface area contributed by atoms with Crippen molar-refractivity contribution in [2.45, 2.75) is 43.0 Å². The van der Waals surface area contributed by atoms with Crippen molar-refractivity contribution >= 4 is 34.8 Å². The van der Waals surface area contributed by atoms with Crippen LogP contribution >= 0.6 is 23.1 Å². The zero-order valence-corrected chi connectivity index (χ0v) is 13.4. The fourth-order valence-corrected chi connectivity index (χ4v) is 4.11. The van der Waals surface area contributed by atoms with Gasteiger partial charge >= 0.3 is 0 Å². The summed E-state index contributed by atoms with van der Waals surface area (Å²) in [5.41, 5.74) is 0. The number of rotatable bonds is 5. The maximum absolute atomic E-state index is 12.0. The van der Waals surface area contributed by atoms with Gasteiger partial charge in [-0.25, -0.2) is 4.68 Å². The van der Waals surface area contributed by atoms with Crippen molar-refractivity contribution in [3.63, 3.8) is 0 Å². The number of amides is 1. The number of nitrogens with zero attached hydrogens (tertiary/aromatic N) is 4. The zero-order chi connectivity index (χ0) is 14.7. The summed E-state index contributed by atoms with van der Waals surface area (Å²) in [6, 6.07) is 2.28. The van der Waals surface area contributed by atoms with Crippen LogP contribution in [0.25, 0.3) is 0 Å². The van der Waals surface area contributed by atoms with Crippen LogP contribution in [0.15, 0.2) is 16.6 Å². The Hall–Kier alpha value is -1.41. The van der Waals surface area contributed by atoms with E-state index < -0.39 is 0 Å². The number of aryl methyl sites for hydroxylation is 1. The van der Waals surface area contributed by atoms with Crippen LogP contribution < -0.4 is 5.32 Å². The van der Waals surface area contributed by atoms with E-state index in [1.54, 1.807) is 6.20 Å². The van der Waals surface area contributed by atoms with E-state index in [1.807, 2.05) is 17.7 Å². The Morgan fingerprint density at radius 3 is 3.00 bits per heavy atom. The minimum absolute atomic E-state index is 0.0346. The Morgan fingerprint density at radius 1 is 1.48 bits per heavy atom. The topological polar surface area (TPSA) is 72.7 Å². The molecule has 2 heterocycles. The standard InChI is InChI=1S/C13H17N5OS2/c1-9-16-17-13(21-9)20-8-12(19)15-11-6-7-14-18(11)10-4-2-3-5-10/h6-7,10H,2-5,8H2,1H3,(H,15,19). The lowest BCUT2D eigenvalue weighted by Crippen LogP contribution is -2.19. The number of hydrogen-bond acceptors (Lipinski definition) is 6. The number of thioether (sulfide) groups is 1. The molecule has 2 aromatic heterocycles. The molecule has 0 spiro atoms. The molecule has 1 aliphatic carbocycles. The van der Waals surface area contributed by atoms with Gasteiger partial charge in [-0.05, 0) is 19.8 Å². The van der Waals surface area contributed by atoms with Gasteiger partial charge in [0.2, 0.25) is 5.91 Å². The predicted molar refractivity (Wildman–Crippen MR) is 83.7 cm³/mol. The van der Waals surface area contributed by atoms with Crippen LogP contribution in [0.4, 0.5) is 5.82 Å². The van der Waals surface area contributed by atoms with E-state index in [9.17, 15) is 4.79 Å². The van der Waals surface area contributed by atoms with E-state index in [0.717, 1.165) is 28.0 Å². The van der Waals surface area contributed by atoms with E-state index in [1.165, 1.54) is 35.9 Å². The van der Waals surface area contributed by atoms with Crippen LogP contribution in [-0.4, -0.2) is 31.6 Å². The number of hydrogen-bond donors (Lipinski definition) is 1. The maximum Gasteiger partial charge on any atom is 0.235 e. The number of nitrogens with one attached hydrogen (secondary N) is 1. The lowest BCUT2D eigenvalue weighted by molar-refractivity contribution is -0.113. The van der Waals surface area contributed by atoms with Crippen LogP contribution in [0.5, 0.6) is 0 Å². The average molecular weight is 323 g/mol. The number of aromatic nitrogens is 4. The van der Waals surface area contributed by atoms with Gasteiger partial charge < -0.3 is 5.32 Å². The average Bonchev–Trinajstić information content (AvgIpc) is 3.16. The molecule has 8 heteroatoms. The number of carbonyl (C=O) groups excluding carboxylic acids is 1. The SMILES string of the molecule is Cc1nnc(SCC(=O)Nc2ccnn2C2CCCC2)s1. The third-order valence-corrected chi connectivity index (χ3v) is 5.41. The summed E-state index contributed by atoms with van der Waals surface area (Å²) < 4.78 is 2.77. The van der Waals surface area contributed by atoms with Gasteiger partial charge in [0, 0.05) is 6.07 Å². The third-order valence-electron chi connectivity index (χ3n) is 3.44. The molecule has 0 radical (unpaired) electrons. The van der Waals surface area contributed by atoms with Gasteiger partial charge in [0.15, 0.2) is 4.34 Å². The second-order valence-electron chi connectivity index (χ2n) is 5.02. The third kappa shape index (κ3) is 3.62. The summed E-state index contributed by atoms with van der Waals surface area (Å²) in [6.07, 6.45) is 6.51. The van der Waals surface area contributed by atoms with Gasteiger partial charge in [-0.2, -0.15) is 5.10 Å². The first-order valence-electron chi connectivity index (χ1n) is 6.98. The van der Waals surface area contributed by atoms with Crippen LogP contribution in [0.3, 0.4) is 0 Å². The Labute approximate surface area is 131 Å². The quantitative estimate of drug-likeness (QED) is 0.857. The molecule has 1 saturated carbocycles. The van der Waals surface area contributed by atoms with Crippen molar-refractivity contribution in [1.29, 1.82) is 0 Å². The molecule has 112 valence electrons. The lowest BCUT2D eigenvalue weighted by Gasteiger charge is -2.14. The molecule has 3 rings (SSSR count). The first-order chi connectivity index (χ1) is 10.2. The van der Waals surface area contributed by atoms with E-state index in [-0.39, 0.29) is 5.91 Å². The lowest BCUT2D eigenvalue weighted by atomic mass is 10.2. The van der Waals surface area contributed by atoms with Crippen molar-refractivity contribution in [3.8, 4) is 0 Å². The highest BCUT2D eigenvalue weighted by Crippen LogP contribution is 2.31. The molecule has 0 unspecified atom stereocenters. The minimum Gasteiger partial charge on any atom is -0.310 e. The Kier molecular flexibility index (Phi) is 4.54. The van der Waals surface area contributed by atoms with Gasteiger partial charge in [0.1, 0.15) is 10.8 Å². The van der Waals surface area contributed by atoms with Crippen LogP contribution in [0.2, 0.25) is 0 Å². The van der Waals surface area contributed by atoms with Crippen LogP contribution in [0.1, 0.15) is 36.7 Å². The summed E-state index contributed by atoms with van der Waals surface area (Å²) in [6.45, 7) is 1.90. The maximum atomic E-state index is 12.0. The molecule has 0 saturated heterocycles. The summed E-state index contributed by atoms with van der Waals surface area (Å²) >= 11 is 2.92. The minimum atomic E-state index is -0.0346. The molecule has 1 N–H and O–H groups in total. The van der Waals surface area contributed by atoms with Crippen molar-refractivity contribution in [2.24, 2.45) is 0 Å². The highest BCUT2D eigenvalue weighted by atomic mass is 32.2. The number of carbonyl (C=O) groups is 1. The molecule has 2 aromatic rings. The van der Waals surface area contributed by atoms with E-state index >= 15 is 0 Å². The molecule has 0 aliphatic heterocycles. The first kappa shape index (κ1) is 14.5. The first-order valence-corrected chi connectivity index (χ1v) is 8.79. The Balaban J connectivity index is 1.56. The van der Waals surface area contributed by atoms with E-state index in [4.69, 9.17) is 0 Å². The van der Waals surface area contributed by atoms with Gasteiger partial charge in [-0.1, -0.05) is 35.9 Å². The van der Waals surface area contributed by atoms with Crippen molar-refractivity contribution in [1.82, 2.24) is 20.0 Å². The van der Waals surface area contributed by atoms with Crippen molar-refractivity contribution in [3.05, 3.63) is 17.3 Å². The van der Waals surface area contributed by atoms with Gasteiger partial charge in [0.25, 0.3) is 0 Å². The molecule has 0 atom stereocenters. The molecular formula is C13H17N5OS2. The second-order valence-corrected chi connectivity index (χ2v) is 7.43. The van der Waals surface area contributed by atoms with Crippen LogP contribution in [0, 0.1) is 6.92 Å². The van der Waals surface area contributed by atoms with E-state index in [0.29, 0.717) is 11.8 Å². The largest absolute Gasteiger partial charge is 0.310 e. The molecule has 1 amide bonds. The predicted octanol–water partition coefficient (Wildman–Crippen LogP) is 2.89. The summed E-state index contributed by atoms with van der Waals surface area (Å²) in [5.74, 6) is 1.10. The number of anilines is 1. The monoisotopic (exact) mass is 323 g/mol. The fourth-order valence-electron chi connectivity index (χ4n) is 2.50. The van der Waals surface area contributed by atoms with Gasteiger partial charge in [-0.15, -0.1) is 10.2 Å². The Morgan fingerprint density at radius 2 is 2.29 bits per heavy atom. The summed E-state index contributed by atoms with van der Waals surface area (Å²) in [5, 5.41) is 16.1. The fraction of sp³-hybridized carbons (Fsp3) is 0.538. The molecule has 21 heavy (non-hydrogen) atoms. The van der Waals surface area contributed by atoms with Crippen molar-refractivity contribution in [2.75, 3.05) is 11.1 Å².